The quantitative estimate of drug-likeness (QED) is 0.938. The molecule has 4 nitrogen and oxygen atoms in total. The zero-order valence-electron chi connectivity index (χ0n) is 12.6. The summed E-state index contributed by atoms with van der Waals surface area (Å²) in [5.74, 6) is 0.743. The van der Waals surface area contributed by atoms with Crippen molar-refractivity contribution >= 4 is 11.6 Å². The summed E-state index contributed by atoms with van der Waals surface area (Å²) < 4.78 is 1.96. The second-order valence-electron chi connectivity index (χ2n) is 6.00. The Balaban J connectivity index is 1.63. The van der Waals surface area contributed by atoms with Crippen LogP contribution in [-0.4, -0.2) is 21.3 Å². The molecule has 112 valence electrons. The van der Waals surface area contributed by atoms with Crippen molar-refractivity contribution in [3.8, 4) is 0 Å². The number of carbonyl (C=O) groups excluding carboxylic acids is 1. The standard InChI is InChI=1S/C17H23N3O/c1-2-13-7-3-4-8-15(13)19-17(21)11-14-12-20-10-6-5-9-16(20)18-14/h5-6,9-10,12-13,15H,2-4,7-8,11H2,1H3,(H,19,21). The third-order valence-corrected chi connectivity index (χ3v) is 4.54. The number of rotatable bonds is 4. The van der Waals surface area contributed by atoms with Gasteiger partial charge in [-0.2, -0.15) is 0 Å². The van der Waals surface area contributed by atoms with Crippen molar-refractivity contribution in [1.29, 1.82) is 0 Å². The Morgan fingerprint density at radius 1 is 1.38 bits per heavy atom. The molecule has 1 saturated carbocycles. The third-order valence-electron chi connectivity index (χ3n) is 4.54. The lowest BCUT2D eigenvalue weighted by atomic mass is 9.83. The van der Waals surface area contributed by atoms with Crippen molar-refractivity contribution in [2.75, 3.05) is 0 Å². The average molecular weight is 285 g/mol. The van der Waals surface area contributed by atoms with E-state index < -0.39 is 0 Å². The molecule has 1 amide bonds. The fraction of sp³-hybridized carbons (Fsp3) is 0.529. The predicted molar refractivity (Wildman–Crippen MR) is 83.1 cm³/mol. The number of nitrogens with zero attached hydrogens (tertiary/aromatic N) is 2. The number of fused-ring (bicyclic) bond motifs is 1. The molecular weight excluding hydrogens is 262 g/mol. The van der Waals surface area contributed by atoms with Crippen LogP contribution >= 0.6 is 0 Å². The fourth-order valence-corrected chi connectivity index (χ4v) is 3.38. The Morgan fingerprint density at radius 2 is 2.24 bits per heavy atom. The summed E-state index contributed by atoms with van der Waals surface area (Å²) in [5, 5.41) is 3.22. The van der Waals surface area contributed by atoms with Gasteiger partial charge in [-0.3, -0.25) is 4.79 Å². The van der Waals surface area contributed by atoms with Crippen LogP contribution in [0.1, 0.15) is 44.7 Å². The second kappa shape index (κ2) is 6.29. The maximum Gasteiger partial charge on any atom is 0.226 e. The van der Waals surface area contributed by atoms with Gasteiger partial charge in [-0.05, 0) is 30.9 Å². The summed E-state index contributed by atoms with van der Waals surface area (Å²) in [6, 6.07) is 6.23. The maximum absolute atomic E-state index is 12.3. The summed E-state index contributed by atoms with van der Waals surface area (Å²) in [5.41, 5.74) is 1.73. The molecule has 1 aliphatic carbocycles. The van der Waals surface area contributed by atoms with Crippen molar-refractivity contribution in [1.82, 2.24) is 14.7 Å². The molecule has 2 atom stereocenters. The van der Waals surface area contributed by atoms with E-state index in [-0.39, 0.29) is 5.91 Å². The highest BCUT2D eigenvalue weighted by Crippen LogP contribution is 2.26. The molecule has 0 spiro atoms. The van der Waals surface area contributed by atoms with Gasteiger partial charge in [0.2, 0.25) is 5.91 Å². The van der Waals surface area contributed by atoms with Gasteiger partial charge in [-0.1, -0.05) is 32.3 Å². The first-order chi connectivity index (χ1) is 10.3. The second-order valence-corrected chi connectivity index (χ2v) is 6.00. The Kier molecular flexibility index (Phi) is 4.23. The third kappa shape index (κ3) is 3.26. The van der Waals surface area contributed by atoms with Crippen LogP contribution in [0.5, 0.6) is 0 Å². The number of imidazole rings is 1. The molecule has 3 rings (SSSR count). The lowest BCUT2D eigenvalue weighted by Crippen LogP contribution is -2.42. The predicted octanol–water partition coefficient (Wildman–Crippen LogP) is 2.96. The van der Waals surface area contributed by atoms with Gasteiger partial charge in [0, 0.05) is 18.4 Å². The van der Waals surface area contributed by atoms with Gasteiger partial charge in [0.15, 0.2) is 0 Å². The van der Waals surface area contributed by atoms with E-state index in [0.717, 1.165) is 24.2 Å². The van der Waals surface area contributed by atoms with Gasteiger partial charge < -0.3 is 9.72 Å². The molecule has 2 unspecified atom stereocenters. The summed E-state index contributed by atoms with van der Waals surface area (Å²) in [7, 11) is 0. The van der Waals surface area contributed by atoms with E-state index in [0.29, 0.717) is 18.4 Å². The SMILES string of the molecule is CCC1CCCCC1NC(=O)Cc1cn2ccccc2n1. The van der Waals surface area contributed by atoms with E-state index >= 15 is 0 Å². The summed E-state index contributed by atoms with van der Waals surface area (Å²) in [4.78, 5) is 16.7. The van der Waals surface area contributed by atoms with Crippen LogP contribution in [0.4, 0.5) is 0 Å². The minimum absolute atomic E-state index is 0.101. The van der Waals surface area contributed by atoms with Crippen LogP contribution in [0.2, 0.25) is 0 Å². The first kappa shape index (κ1) is 14.1. The minimum Gasteiger partial charge on any atom is -0.353 e. The van der Waals surface area contributed by atoms with E-state index in [1.165, 1.54) is 19.3 Å². The van der Waals surface area contributed by atoms with Crippen molar-refractivity contribution < 1.29 is 4.79 Å². The van der Waals surface area contributed by atoms with Crippen molar-refractivity contribution in [3.05, 3.63) is 36.3 Å². The van der Waals surface area contributed by atoms with Crippen LogP contribution in [0, 0.1) is 5.92 Å². The van der Waals surface area contributed by atoms with E-state index in [9.17, 15) is 4.79 Å². The molecule has 1 aliphatic rings. The van der Waals surface area contributed by atoms with Gasteiger partial charge in [-0.15, -0.1) is 0 Å². The van der Waals surface area contributed by atoms with Crippen molar-refractivity contribution in [2.45, 2.75) is 51.5 Å². The average Bonchev–Trinajstić information content (AvgIpc) is 2.89. The lowest BCUT2D eigenvalue weighted by molar-refractivity contribution is -0.121. The van der Waals surface area contributed by atoms with E-state index in [1.54, 1.807) is 0 Å². The van der Waals surface area contributed by atoms with Gasteiger partial charge in [0.05, 0.1) is 12.1 Å². The number of aromatic nitrogens is 2. The highest BCUT2D eigenvalue weighted by atomic mass is 16.1. The number of pyridine rings is 1. The van der Waals surface area contributed by atoms with Crippen LogP contribution in [0.25, 0.3) is 5.65 Å². The zero-order valence-corrected chi connectivity index (χ0v) is 12.6. The van der Waals surface area contributed by atoms with Gasteiger partial charge in [0.25, 0.3) is 0 Å². The molecule has 1 N–H and O–H groups in total. The number of amides is 1. The molecule has 2 heterocycles. The van der Waals surface area contributed by atoms with Crippen molar-refractivity contribution in [3.63, 3.8) is 0 Å². The summed E-state index contributed by atoms with van der Waals surface area (Å²) in [6.45, 7) is 2.22. The maximum atomic E-state index is 12.3. The molecule has 4 heteroatoms. The molecule has 0 saturated heterocycles. The van der Waals surface area contributed by atoms with Gasteiger partial charge in [0.1, 0.15) is 5.65 Å². The fourth-order valence-electron chi connectivity index (χ4n) is 3.38. The molecule has 2 aromatic rings. The molecule has 0 aromatic carbocycles. The molecule has 0 radical (unpaired) electrons. The van der Waals surface area contributed by atoms with Gasteiger partial charge in [-0.25, -0.2) is 4.98 Å². The number of nitrogens with one attached hydrogen (secondary N) is 1. The van der Waals surface area contributed by atoms with Crippen LogP contribution in [-0.2, 0) is 11.2 Å². The normalized spacial score (nSPS) is 22.3. The monoisotopic (exact) mass is 285 g/mol. The highest BCUT2D eigenvalue weighted by Gasteiger charge is 2.25. The summed E-state index contributed by atoms with van der Waals surface area (Å²) >= 11 is 0. The van der Waals surface area contributed by atoms with E-state index in [1.807, 2.05) is 35.0 Å². The molecule has 21 heavy (non-hydrogen) atoms. The number of hydrogen-bond acceptors (Lipinski definition) is 2. The Labute approximate surface area is 125 Å². The summed E-state index contributed by atoms with van der Waals surface area (Å²) in [6.07, 6.45) is 10.3. The van der Waals surface area contributed by atoms with Crippen LogP contribution in [0.15, 0.2) is 30.6 Å². The molecule has 2 aromatic heterocycles. The topological polar surface area (TPSA) is 46.4 Å². The Morgan fingerprint density at radius 3 is 3.05 bits per heavy atom. The van der Waals surface area contributed by atoms with Crippen molar-refractivity contribution in [2.24, 2.45) is 5.92 Å². The smallest absolute Gasteiger partial charge is 0.226 e. The number of carbonyl (C=O) groups is 1. The van der Waals surface area contributed by atoms with Gasteiger partial charge >= 0.3 is 0 Å². The first-order valence-electron chi connectivity index (χ1n) is 7.98. The first-order valence-corrected chi connectivity index (χ1v) is 7.98. The van der Waals surface area contributed by atoms with E-state index in [2.05, 4.69) is 17.2 Å². The zero-order chi connectivity index (χ0) is 14.7. The largest absolute Gasteiger partial charge is 0.353 e. The molecular formula is C17H23N3O. The van der Waals surface area contributed by atoms with E-state index in [4.69, 9.17) is 0 Å². The van der Waals surface area contributed by atoms with Crippen LogP contribution in [0.3, 0.4) is 0 Å². The molecule has 0 aliphatic heterocycles. The highest BCUT2D eigenvalue weighted by molar-refractivity contribution is 5.78. The minimum atomic E-state index is 0.101. The molecule has 1 fully saturated rings. The Hall–Kier alpha value is -1.84. The molecule has 0 bridgehead atoms. The number of hydrogen-bond donors (Lipinski definition) is 1. The lowest BCUT2D eigenvalue weighted by Gasteiger charge is -2.31. The van der Waals surface area contributed by atoms with Crippen LogP contribution < -0.4 is 5.32 Å². The Bertz CT molecular complexity index is 586.